The number of carbonyl (C=O) groups is 2. The van der Waals surface area contributed by atoms with Crippen LogP contribution in [0.3, 0.4) is 0 Å². The van der Waals surface area contributed by atoms with E-state index in [9.17, 15) is 9.59 Å². The predicted octanol–water partition coefficient (Wildman–Crippen LogP) is 2.32. The van der Waals surface area contributed by atoms with Gasteiger partial charge in [0.25, 0.3) is 5.91 Å². The lowest BCUT2D eigenvalue weighted by Gasteiger charge is -2.30. The molecule has 29 heavy (non-hydrogen) atoms. The molecule has 2 aromatic heterocycles. The van der Waals surface area contributed by atoms with Crippen LogP contribution in [0.5, 0.6) is 0 Å². The minimum atomic E-state index is -0.318. The molecule has 0 radical (unpaired) electrons. The molecule has 0 bridgehead atoms. The minimum Gasteiger partial charge on any atom is -0.369 e. The molecule has 1 aliphatic heterocycles. The van der Waals surface area contributed by atoms with E-state index in [1.807, 2.05) is 18.2 Å². The quantitative estimate of drug-likeness (QED) is 0.710. The Kier molecular flexibility index (Phi) is 5.26. The number of nitrogens with two attached hydrogens (primary N) is 1. The van der Waals surface area contributed by atoms with Crippen molar-refractivity contribution in [1.82, 2.24) is 24.9 Å². The number of aromatic nitrogens is 4. The highest BCUT2D eigenvalue weighted by Gasteiger charge is 2.30. The molecule has 8 nitrogen and oxygen atoms in total. The Bertz CT molecular complexity index is 1030. The Balaban J connectivity index is 1.71. The second-order valence-electron chi connectivity index (χ2n) is 6.89. The molecular formula is C20H19ClN6O2. The van der Waals surface area contributed by atoms with E-state index >= 15 is 0 Å². The first-order valence-corrected chi connectivity index (χ1v) is 9.63. The zero-order valence-corrected chi connectivity index (χ0v) is 16.3. The van der Waals surface area contributed by atoms with Gasteiger partial charge < -0.3 is 10.6 Å². The number of nitrogens with zero attached hydrogens (tertiary/aromatic N) is 5. The molecule has 1 fully saturated rings. The average Bonchev–Trinajstić information content (AvgIpc) is 3.19. The fourth-order valence-electron chi connectivity index (χ4n) is 3.47. The molecule has 9 heteroatoms. The molecule has 3 aromatic rings. The molecule has 3 heterocycles. The SMILES string of the molecule is NC(=O)C1CCN(C(=O)c2nnn(-c3ccc(Cl)cc3)c2-c2cccnc2)CC1. The Morgan fingerprint density at radius 1 is 1.10 bits per heavy atom. The summed E-state index contributed by atoms with van der Waals surface area (Å²) >= 11 is 6.00. The van der Waals surface area contributed by atoms with Gasteiger partial charge in [-0.3, -0.25) is 14.6 Å². The highest BCUT2D eigenvalue weighted by Crippen LogP contribution is 2.27. The number of hydrogen-bond acceptors (Lipinski definition) is 5. The average molecular weight is 411 g/mol. The number of piperidine rings is 1. The van der Waals surface area contributed by atoms with E-state index in [2.05, 4.69) is 15.3 Å². The molecule has 4 rings (SSSR count). The number of primary amides is 1. The van der Waals surface area contributed by atoms with E-state index in [4.69, 9.17) is 17.3 Å². The molecule has 0 saturated carbocycles. The number of amides is 2. The van der Waals surface area contributed by atoms with Crippen molar-refractivity contribution in [1.29, 1.82) is 0 Å². The fraction of sp³-hybridized carbons (Fsp3) is 0.250. The van der Waals surface area contributed by atoms with Crippen molar-refractivity contribution in [2.24, 2.45) is 11.7 Å². The van der Waals surface area contributed by atoms with Gasteiger partial charge in [-0.1, -0.05) is 16.8 Å². The van der Waals surface area contributed by atoms with Crippen molar-refractivity contribution >= 4 is 23.4 Å². The molecule has 2 N–H and O–H groups in total. The monoisotopic (exact) mass is 410 g/mol. The molecule has 0 unspecified atom stereocenters. The normalized spacial score (nSPS) is 14.7. The van der Waals surface area contributed by atoms with Crippen molar-refractivity contribution in [3.63, 3.8) is 0 Å². The van der Waals surface area contributed by atoms with Crippen molar-refractivity contribution in [3.8, 4) is 16.9 Å². The van der Waals surface area contributed by atoms with Crippen LogP contribution in [-0.2, 0) is 4.79 Å². The van der Waals surface area contributed by atoms with Gasteiger partial charge in [0.15, 0.2) is 5.69 Å². The number of carbonyl (C=O) groups excluding carboxylic acids is 2. The molecule has 0 spiro atoms. The molecule has 1 aliphatic rings. The molecule has 0 atom stereocenters. The van der Waals surface area contributed by atoms with Gasteiger partial charge in [-0.05, 0) is 49.2 Å². The maximum Gasteiger partial charge on any atom is 0.276 e. The largest absolute Gasteiger partial charge is 0.369 e. The maximum atomic E-state index is 13.2. The smallest absolute Gasteiger partial charge is 0.276 e. The third-order valence-corrected chi connectivity index (χ3v) is 5.32. The van der Waals surface area contributed by atoms with Gasteiger partial charge in [-0.2, -0.15) is 0 Å². The molecule has 1 aromatic carbocycles. The first-order chi connectivity index (χ1) is 14.0. The third kappa shape index (κ3) is 3.84. The Hall–Kier alpha value is -3.26. The predicted molar refractivity (Wildman–Crippen MR) is 107 cm³/mol. The number of halogens is 1. The molecule has 148 valence electrons. The Labute approximate surface area is 172 Å². The van der Waals surface area contributed by atoms with Crippen molar-refractivity contribution < 1.29 is 9.59 Å². The van der Waals surface area contributed by atoms with Crippen LogP contribution in [0.2, 0.25) is 5.02 Å². The lowest BCUT2D eigenvalue weighted by Crippen LogP contribution is -2.42. The van der Waals surface area contributed by atoms with Gasteiger partial charge in [0.05, 0.1) is 5.69 Å². The Morgan fingerprint density at radius 2 is 1.83 bits per heavy atom. The Morgan fingerprint density at radius 3 is 2.45 bits per heavy atom. The number of hydrogen-bond donors (Lipinski definition) is 1. The van der Waals surface area contributed by atoms with E-state index in [1.54, 1.807) is 40.2 Å². The van der Waals surface area contributed by atoms with Crippen LogP contribution in [0.1, 0.15) is 23.3 Å². The lowest BCUT2D eigenvalue weighted by atomic mass is 9.96. The number of likely N-dealkylation sites (tertiary alicyclic amines) is 1. The minimum absolute atomic E-state index is 0.193. The van der Waals surface area contributed by atoms with Crippen LogP contribution in [0.15, 0.2) is 48.8 Å². The van der Waals surface area contributed by atoms with Crippen LogP contribution in [0, 0.1) is 5.92 Å². The van der Waals surface area contributed by atoms with Crippen molar-refractivity contribution in [3.05, 3.63) is 59.5 Å². The standard InChI is InChI=1S/C20H19ClN6O2/c21-15-3-5-16(6-4-15)27-18(14-2-1-9-23-12-14)17(24-25-27)20(29)26-10-7-13(8-11-26)19(22)28/h1-6,9,12-13H,7-8,10-11H2,(H2,22,28). The maximum absolute atomic E-state index is 13.2. The van der Waals surface area contributed by atoms with Gasteiger partial charge in [-0.25, -0.2) is 4.68 Å². The van der Waals surface area contributed by atoms with E-state index in [-0.39, 0.29) is 23.4 Å². The van der Waals surface area contributed by atoms with Crippen LogP contribution in [0.4, 0.5) is 0 Å². The van der Waals surface area contributed by atoms with Gasteiger partial charge >= 0.3 is 0 Å². The lowest BCUT2D eigenvalue weighted by molar-refractivity contribution is -0.123. The summed E-state index contributed by atoms with van der Waals surface area (Å²) in [5.41, 5.74) is 7.65. The number of benzene rings is 1. The third-order valence-electron chi connectivity index (χ3n) is 5.06. The van der Waals surface area contributed by atoms with Crippen LogP contribution in [0.25, 0.3) is 16.9 Å². The van der Waals surface area contributed by atoms with E-state index in [0.717, 1.165) is 11.3 Å². The summed E-state index contributed by atoms with van der Waals surface area (Å²) in [6.07, 6.45) is 4.43. The van der Waals surface area contributed by atoms with Gasteiger partial charge in [0.2, 0.25) is 5.91 Å². The second kappa shape index (κ2) is 8.00. The summed E-state index contributed by atoms with van der Waals surface area (Å²) in [7, 11) is 0. The number of rotatable bonds is 4. The van der Waals surface area contributed by atoms with Crippen LogP contribution < -0.4 is 5.73 Å². The van der Waals surface area contributed by atoms with Gasteiger partial charge in [0, 0.05) is 42.0 Å². The highest BCUT2D eigenvalue weighted by molar-refractivity contribution is 6.30. The fourth-order valence-corrected chi connectivity index (χ4v) is 3.59. The van der Waals surface area contributed by atoms with Crippen molar-refractivity contribution in [2.75, 3.05) is 13.1 Å². The van der Waals surface area contributed by atoms with Crippen molar-refractivity contribution in [2.45, 2.75) is 12.8 Å². The first kappa shape index (κ1) is 19.1. The van der Waals surface area contributed by atoms with Crippen LogP contribution in [-0.4, -0.2) is 49.8 Å². The second-order valence-corrected chi connectivity index (χ2v) is 7.32. The summed E-state index contributed by atoms with van der Waals surface area (Å²) in [5.74, 6) is -0.740. The zero-order chi connectivity index (χ0) is 20.4. The molecule has 2 amide bonds. The molecular weight excluding hydrogens is 392 g/mol. The van der Waals surface area contributed by atoms with Gasteiger partial charge in [-0.15, -0.1) is 5.10 Å². The van der Waals surface area contributed by atoms with E-state index < -0.39 is 0 Å². The van der Waals surface area contributed by atoms with E-state index in [0.29, 0.717) is 36.6 Å². The van der Waals surface area contributed by atoms with Crippen LogP contribution >= 0.6 is 11.6 Å². The summed E-state index contributed by atoms with van der Waals surface area (Å²) in [6, 6.07) is 10.8. The number of pyridine rings is 1. The first-order valence-electron chi connectivity index (χ1n) is 9.25. The summed E-state index contributed by atoms with van der Waals surface area (Å²) < 4.78 is 1.61. The summed E-state index contributed by atoms with van der Waals surface area (Å²) in [6.45, 7) is 0.902. The topological polar surface area (TPSA) is 107 Å². The van der Waals surface area contributed by atoms with Gasteiger partial charge in [0.1, 0.15) is 5.69 Å². The molecule has 0 aliphatic carbocycles. The summed E-state index contributed by atoms with van der Waals surface area (Å²) in [5, 5.41) is 9.02. The zero-order valence-electron chi connectivity index (χ0n) is 15.5. The highest BCUT2D eigenvalue weighted by atomic mass is 35.5. The van der Waals surface area contributed by atoms with E-state index in [1.165, 1.54) is 0 Å². The summed E-state index contributed by atoms with van der Waals surface area (Å²) in [4.78, 5) is 30.5. The molecule has 1 saturated heterocycles.